The molecule has 0 aliphatic carbocycles. The fourth-order valence-corrected chi connectivity index (χ4v) is 3.92. The number of rotatable bonds is 3. The van der Waals surface area contributed by atoms with Crippen LogP contribution in [0.4, 0.5) is 0 Å². The molecule has 1 saturated heterocycles. The predicted molar refractivity (Wildman–Crippen MR) is 63.2 cm³/mol. The molecule has 0 spiro atoms. The van der Waals surface area contributed by atoms with Crippen molar-refractivity contribution < 1.29 is 4.74 Å². The van der Waals surface area contributed by atoms with Gasteiger partial charge < -0.3 is 10.5 Å². The molecular weight excluding hydrogens is 214 g/mol. The predicted octanol–water partition coefficient (Wildman–Crippen LogP) is 2.51. The Morgan fingerprint density at radius 2 is 2.43 bits per heavy atom. The van der Waals surface area contributed by atoms with Crippen LogP contribution < -0.4 is 10.5 Å². The van der Waals surface area contributed by atoms with Crippen molar-refractivity contribution in [1.82, 2.24) is 0 Å². The molecule has 14 heavy (non-hydrogen) atoms. The van der Waals surface area contributed by atoms with Crippen LogP contribution in [0.2, 0.25) is 0 Å². The van der Waals surface area contributed by atoms with Crippen LogP contribution in [0.3, 0.4) is 0 Å². The number of hydrogen-bond acceptors (Lipinski definition) is 4. The average molecular weight is 229 g/mol. The quantitative estimate of drug-likeness (QED) is 0.865. The van der Waals surface area contributed by atoms with Gasteiger partial charge in [0.05, 0.1) is 7.11 Å². The molecule has 0 saturated carbocycles. The van der Waals surface area contributed by atoms with E-state index in [4.69, 9.17) is 10.5 Å². The molecule has 2 nitrogen and oxygen atoms in total. The molecule has 0 radical (unpaired) electrons. The fraction of sp³-hybridized carbons (Fsp3) is 0.600. The Morgan fingerprint density at radius 1 is 1.57 bits per heavy atom. The Kier molecular flexibility index (Phi) is 3.36. The smallest absolute Gasteiger partial charge is 0.173 e. The summed E-state index contributed by atoms with van der Waals surface area (Å²) in [6.07, 6.45) is 1.26. The first-order valence-electron chi connectivity index (χ1n) is 4.78. The third-order valence-electron chi connectivity index (χ3n) is 2.60. The Labute approximate surface area is 92.8 Å². The fourth-order valence-electron chi connectivity index (χ4n) is 1.69. The van der Waals surface area contributed by atoms with E-state index in [-0.39, 0.29) is 6.04 Å². The first-order chi connectivity index (χ1) is 6.81. The Balaban J connectivity index is 2.05. The highest BCUT2D eigenvalue weighted by Gasteiger charge is 2.24. The molecular formula is C10H15NOS2. The topological polar surface area (TPSA) is 35.2 Å². The maximum absolute atomic E-state index is 6.21. The van der Waals surface area contributed by atoms with Crippen molar-refractivity contribution in [3.8, 4) is 5.06 Å². The average Bonchev–Trinajstić information content (AvgIpc) is 2.88. The lowest BCUT2D eigenvalue weighted by Gasteiger charge is -2.15. The van der Waals surface area contributed by atoms with E-state index in [1.807, 2.05) is 17.8 Å². The van der Waals surface area contributed by atoms with Crippen LogP contribution in [0.15, 0.2) is 12.1 Å². The number of thiophene rings is 1. The van der Waals surface area contributed by atoms with Crippen LogP contribution in [-0.2, 0) is 0 Å². The van der Waals surface area contributed by atoms with E-state index in [2.05, 4.69) is 6.07 Å². The van der Waals surface area contributed by atoms with Crippen LogP contribution >= 0.6 is 23.1 Å². The van der Waals surface area contributed by atoms with Gasteiger partial charge >= 0.3 is 0 Å². The van der Waals surface area contributed by atoms with Gasteiger partial charge in [0.15, 0.2) is 5.06 Å². The molecule has 1 aliphatic rings. The molecule has 78 valence electrons. The summed E-state index contributed by atoms with van der Waals surface area (Å²) in [7, 11) is 1.70. The van der Waals surface area contributed by atoms with Gasteiger partial charge in [-0.05, 0) is 36.0 Å². The van der Waals surface area contributed by atoms with Gasteiger partial charge in [0.25, 0.3) is 0 Å². The zero-order valence-corrected chi connectivity index (χ0v) is 9.87. The second kappa shape index (κ2) is 4.55. The van der Waals surface area contributed by atoms with Gasteiger partial charge in [-0.2, -0.15) is 11.8 Å². The summed E-state index contributed by atoms with van der Waals surface area (Å²) in [6.45, 7) is 0. The van der Waals surface area contributed by atoms with Gasteiger partial charge in [-0.3, -0.25) is 0 Å². The highest BCUT2D eigenvalue weighted by molar-refractivity contribution is 7.99. The molecule has 2 heterocycles. The summed E-state index contributed by atoms with van der Waals surface area (Å²) < 4.78 is 5.17. The van der Waals surface area contributed by atoms with E-state index in [1.54, 1.807) is 18.4 Å². The van der Waals surface area contributed by atoms with Crippen molar-refractivity contribution in [2.75, 3.05) is 18.6 Å². The number of methoxy groups -OCH3 is 1. The summed E-state index contributed by atoms with van der Waals surface area (Å²) in [4.78, 5) is 1.26. The minimum absolute atomic E-state index is 0.207. The molecule has 2 rings (SSSR count). The summed E-state index contributed by atoms with van der Waals surface area (Å²) in [5.74, 6) is 3.13. The highest BCUT2D eigenvalue weighted by atomic mass is 32.2. The van der Waals surface area contributed by atoms with Crippen molar-refractivity contribution in [2.24, 2.45) is 11.7 Å². The summed E-state index contributed by atoms with van der Waals surface area (Å²) >= 11 is 3.68. The third kappa shape index (κ3) is 2.07. The molecule has 2 N–H and O–H groups in total. The monoisotopic (exact) mass is 229 g/mol. The van der Waals surface area contributed by atoms with Crippen LogP contribution in [0.25, 0.3) is 0 Å². The number of ether oxygens (including phenoxy) is 1. The Morgan fingerprint density at radius 3 is 3.00 bits per heavy atom. The van der Waals surface area contributed by atoms with Crippen LogP contribution in [0.1, 0.15) is 17.3 Å². The molecule has 0 amide bonds. The first kappa shape index (κ1) is 10.3. The van der Waals surface area contributed by atoms with Crippen molar-refractivity contribution in [3.05, 3.63) is 17.0 Å². The minimum Gasteiger partial charge on any atom is -0.487 e. The first-order valence-corrected chi connectivity index (χ1v) is 6.75. The molecule has 2 atom stereocenters. The van der Waals surface area contributed by atoms with Crippen molar-refractivity contribution >= 4 is 23.1 Å². The third-order valence-corrected chi connectivity index (χ3v) is 4.94. The van der Waals surface area contributed by atoms with Crippen LogP contribution in [0, 0.1) is 5.92 Å². The molecule has 4 heteroatoms. The molecule has 1 aliphatic heterocycles. The molecule has 0 aromatic carbocycles. The van der Waals surface area contributed by atoms with Crippen molar-refractivity contribution in [1.29, 1.82) is 0 Å². The van der Waals surface area contributed by atoms with E-state index in [1.165, 1.54) is 22.8 Å². The van der Waals surface area contributed by atoms with Crippen molar-refractivity contribution in [2.45, 2.75) is 12.5 Å². The van der Waals surface area contributed by atoms with Gasteiger partial charge in [0, 0.05) is 10.9 Å². The maximum atomic E-state index is 6.21. The van der Waals surface area contributed by atoms with E-state index >= 15 is 0 Å². The lowest BCUT2D eigenvalue weighted by molar-refractivity contribution is 0.427. The van der Waals surface area contributed by atoms with Gasteiger partial charge in [-0.1, -0.05) is 0 Å². The normalized spacial score (nSPS) is 23.7. The zero-order chi connectivity index (χ0) is 9.97. The van der Waals surface area contributed by atoms with Gasteiger partial charge in [-0.15, -0.1) is 11.3 Å². The molecule has 0 bridgehead atoms. The van der Waals surface area contributed by atoms with Gasteiger partial charge in [0.2, 0.25) is 0 Å². The van der Waals surface area contributed by atoms with Crippen LogP contribution in [-0.4, -0.2) is 18.6 Å². The molecule has 1 fully saturated rings. The lowest BCUT2D eigenvalue weighted by Crippen LogP contribution is -2.19. The standard InChI is InChI=1S/C10H15NOS2/c1-12-9-3-2-8(14-9)10(11)7-4-5-13-6-7/h2-3,7,10H,4-6,11H2,1H3. The Bertz CT molecular complexity index is 294. The molecule has 2 unspecified atom stereocenters. The summed E-state index contributed by atoms with van der Waals surface area (Å²) in [6, 6.07) is 4.30. The van der Waals surface area contributed by atoms with E-state index in [0.29, 0.717) is 5.92 Å². The molecule has 1 aromatic rings. The lowest BCUT2D eigenvalue weighted by atomic mass is 9.99. The van der Waals surface area contributed by atoms with Gasteiger partial charge in [0.1, 0.15) is 0 Å². The minimum atomic E-state index is 0.207. The van der Waals surface area contributed by atoms with Crippen molar-refractivity contribution in [3.63, 3.8) is 0 Å². The van der Waals surface area contributed by atoms with E-state index in [0.717, 1.165) is 5.06 Å². The van der Waals surface area contributed by atoms with E-state index in [9.17, 15) is 0 Å². The van der Waals surface area contributed by atoms with Crippen LogP contribution in [0.5, 0.6) is 5.06 Å². The zero-order valence-electron chi connectivity index (χ0n) is 8.23. The highest BCUT2D eigenvalue weighted by Crippen LogP contribution is 2.37. The maximum Gasteiger partial charge on any atom is 0.173 e. The van der Waals surface area contributed by atoms with Gasteiger partial charge in [-0.25, -0.2) is 0 Å². The summed E-state index contributed by atoms with van der Waals surface area (Å²) in [5, 5.41) is 0.959. The Hall–Kier alpha value is -0.190. The SMILES string of the molecule is COc1ccc(C(N)C2CCSC2)s1. The number of nitrogens with two attached hydrogens (primary N) is 1. The number of thioether (sulfide) groups is 1. The second-order valence-electron chi connectivity index (χ2n) is 3.51. The summed E-state index contributed by atoms with van der Waals surface area (Å²) in [5.41, 5.74) is 6.21. The largest absolute Gasteiger partial charge is 0.487 e. The van der Waals surface area contributed by atoms with E-state index < -0.39 is 0 Å². The number of hydrogen-bond donors (Lipinski definition) is 1. The second-order valence-corrected chi connectivity index (χ2v) is 5.74. The molecule has 1 aromatic heterocycles.